The van der Waals surface area contributed by atoms with E-state index in [-0.39, 0.29) is 0 Å². The SMILES string of the molecule is c1ccc(-c2ccc(-c3cccc(-c4nc(-c5ccccc5)nc(-c5ccc(-n6c7ccccc7c7cc8ccccc8cc76)cc5-c5cc6ccccc6c6oc7ccccc7c56)n4)c3)cc2)cc1. The van der Waals surface area contributed by atoms with E-state index in [2.05, 4.69) is 217 Å². The Labute approximate surface area is 403 Å². The van der Waals surface area contributed by atoms with Crippen molar-refractivity contribution in [1.29, 1.82) is 0 Å². The van der Waals surface area contributed by atoms with Gasteiger partial charge in [0.2, 0.25) is 0 Å². The molecule has 0 radical (unpaired) electrons. The summed E-state index contributed by atoms with van der Waals surface area (Å²) >= 11 is 0. The van der Waals surface area contributed by atoms with Crippen LogP contribution < -0.4 is 0 Å². The first-order chi connectivity index (χ1) is 34.7. The van der Waals surface area contributed by atoms with E-state index in [1.165, 1.54) is 32.7 Å². The van der Waals surface area contributed by atoms with Gasteiger partial charge in [-0.3, -0.25) is 0 Å². The van der Waals surface area contributed by atoms with Crippen LogP contribution in [0.2, 0.25) is 0 Å². The molecule has 0 aliphatic rings. The Kier molecular flexibility index (Phi) is 9.14. The van der Waals surface area contributed by atoms with Crippen molar-refractivity contribution in [2.75, 3.05) is 0 Å². The van der Waals surface area contributed by atoms with Crippen molar-refractivity contribution in [2.24, 2.45) is 0 Å². The van der Waals surface area contributed by atoms with Gasteiger partial charge in [-0.05, 0) is 104 Å². The molecule has 5 nitrogen and oxygen atoms in total. The third-order valence-electron chi connectivity index (χ3n) is 13.8. The van der Waals surface area contributed by atoms with Crippen LogP contribution in [-0.4, -0.2) is 19.5 Å². The Morgan fingerprint density at radius 2 is 0.871 bits per heavy atom. The van der Waals surface area contributed by atoms with Gasteiger partial charge in [0, 0.05) is 49.3 Å². The molecule has 0 unspecified atom stereocenters. The molecular formula is C65H40N4O. The van der Waals surface area contributed by atoms with Gasteiger partial charge in [0.1, 0.15) is 11.2 Å². The topological polar surface area (TPSA) is 56.7 Å². The number of rotatable bonds is 7. The van der Waals surface area contributed by atoms with Gasteiger partial charge in [0.15, 0.2) is 17.5 Å². The summed E-state index contributed by atoms with van der Waals surface area (Å²) in [5, 5.41) is 9.05. The summed E-state index contributed by atoms with van der Waals surface area (Å²) in [6, 6.07) is 85.9. The molecular weight excluding hydrogens is 853 g/mol. The maximum absolute atomic E-state index is 6.82. The molecule has 11 aromatic carbocycles. The van der Waals surface area contributed by atoms with E-state index in [1.807, 2.05) is 30.3 Å². The summed E-state index contributed by atoms with van der Waals surface area (Å²) in [5.41, 5.74) is 14.2. The zero-order valence-electron chi connectivity index (χ0n) is 37.8. The minimum atomic E-state index is 0.574. The lowest BCUT2D eigenvalue weighted by molar-refractivity contribution is 0.673. The molecule has 70 heavy (non-hydrogen) atoms. The predicted molar refractivity (Wildman–Crippen MR) is 289 cm³/mol. The Morgan fingerprint density at radius 1 is 0.300 bits per heavy atom. The first kappa shape index (κ1) is 39.7. The van der Waals surface area contributed by atoms with Gasteiger partial charge >= 0.3 is 0 Å². The summed E-state index contributed by atoms with van der Waals surface area (Å²) in [6.45, 7) is 0. The Hall–Kier alpha value is -9.45. The zero-order valence-corrected chi connectivity index (χ0v) is 37.8. The molecule has 0 spiro atoms. The molecule has 3 aromatic heterocycles. The highest BCUT2D eigenvalue weighted by atomic mass is 16.3. The molecule has 0 fully saturated rings. The van der Waals surface area contributed by atoms with Crippen LogP contribution in [0.3, 0.4) is 0 Å². The normalized spacial score (nSPS) is 11.7. The molecule has 0 bridgehead atoms. The number of hydrogen-bond acceptors (Lipinski definition) is 4. The maximum Gasteiger partial charge on any atom is 0.164 e. The van der Waals surface area contributed by atoms with Crippen molar-refractivity contribution < 1.29 is 4.42 Å². The van der Waals surface area contributed by atoms with Crippen LogP contribution in [0.1, 0.15) is 0 Å². The standard InChI is InChI=1S/C65H40N4O/c1-3-16-41(17-4-1)42-30-32-43(33-31-42)45-23-15-24-49(36-45)64-66-63(44-18-5-2-6-19-44)67-65(68-64)53-35-34-50(69-58-28-13-11-26-52(58)56-37-46-20-7-8-21-47(46)39-59(56)69)40-55(53)57-38-48-22-9-10-25-51(48)62-61(57)54-27-12-14-29-60(54)70-62/h1-40H. The maximum atomic E-state index is 6.82. The van der Waals surface area contributed by atoms with Crippen molar-refractivity contribution in [3.05, 3.63) is 243 Å². The molecule has 0 atom stereocenters. The second kappa shape index (κ2) is 16.1. The average Bonchev–Trinajstić information content (AvgIpc) is 3.99. The summed E-state index contributed by atoms with van der Waals surface area (Å²) in [5.74, 6) is 1.76. The van der Waals surface area contributed by atoms with E-state index < -0.39 is 0 Å². The largest absolute Gasteiger partial charge is 0.455 e. The van der Waals surface area contributed by atoms with Crippen molar-refractivity contribution in [3.8, 4) is 73.2 Å². The first-order valence-electron chi connectivity index (χ1n) is 23.7. The van der Waals surface area contributed by atoms with Gasteiger partial charge in [-0.1, -0.05) is 188 Å². The molecule has 0 saturated carbocycles. The highest BCUT2D eigenvalue weighted by Gasteiger charge is 2.23. The van der Waals surface area contributed by atoms with Crippen LogP contribution in [0.4, 0.5) is 0 Å². The molecule has 14 rings (SSSR count). The van der Waals surface area contributed by atoms with E-state index in [1.54, 1.807) is 0 Å². The highest BCUT2D eigenvalue weighted by molar-refractivity contribution is 6.22. The predicted octanol–water partition coefficient (Wildman–Crippen LogP) is 17.2. The van der Waals surface area contributed by atoms with E-state index in [0.29, 0.717) is 17.5 Å². The van der Waals surface area contributed by atoms with Gasteiger partial charge in [-0.2, -0.15) is 0 Å². The number of fused-ring (bicyclic) bond motifs is 9. The molecule has 0 aliphatic heterocycles. The monoisotopic (exact) mass is 892 g/mol. The number of nitrogens with zero attached hydrogens (tertiary/aromatic N) is 4. The smallest absolute Gasteiger partial charge is 0.164 e. The lowest BCUT2D eigenvalue weighted by Gasteiger charge is -2.17. The molecule has 0 aliphatic carbocycles. The Morgan fingerprint density at radius 3 is 1.66 bits per heavy atom. The van der Waals surface area contributed by atoms with Crippen LogP contribution in [-0.2, 0) is 0 Å². The number of aromatic nitrogens is 4. The van der Waals surface area contributed by atoms with Crippen LogP contribution in [0.15, 0.2) is 247 Å². The number of benzene rings is 11. The van der Waals surface area contributed by atoms with E-state index in [0.717, 1.165) is 88.4 Å². The zero-order chi connectivity index (χ0) is 46.1. The molecule has 5 heteroatoms. The lowest BCUT2D eigenvalue weighted by atomic mass is 9.91. The highest BCUT2D eigenvalue weighted by Crippen LogP contribution is 2.45. The Bertz CT molecular complexity index is 4340. The van der Waals surface area contributed by atoms with E-state index in [4.69, 9.17) is 19.4 Å². The van der Waals surface area contributed by atoms with Crippen LogP contribution in [0.25, 0.3) is 139 Å². The van der Waals surface area contributed by atoms with Gasteiger partial charge in [0.25, 0.3) is 0 Å². The minimum Gasteiger partial charge on any atom is -0.455 e. The van der Waals surface area contributed by atoms with Gasteiger partial charge in [-0.25, -0.2) is 15.0 Å². The second-order valence-electron chi connectivity index (χ2n) is 17.9. The number of hydrogen-bond donors (Lipinski definition) is 0. The van der Waals surface area contributed by atoms with Gasteiger partial charge in [-0.15, -0.1) is 0 Å². The van der Waals surface area contributed by atoms with E-state index >= 15 is 0 Å². The van der Waals surface area contributed by atoms with E-state index in [9.17, 15) is 0 Å². The van der Waals surface area contributed by atoms with Crippen molar-refractivity contribution in [3.63, 3.8) is 0 Å². The lowest BCUT2D eigenvalue weighted by Crippen LogP contribution is -2.02. The van der Waals surface area contributed by atoms with Crippen molar-refractivity contribution in [1.82, 2.24) is 19.5 Å². The summed E-state index contributed by atoms with van der Waals surface area (Å²) in [4.78, 5) is 16.0. The fourth-order valence-corrected chi connectivity index (χ4v) is 10.5. The molecule has 0 amide bonds. The fraction of sp³-hybridized carbons (Fsp3) is 0. The van der Waals surface area contributed by atoms with Crippen LogP contribution in [0.5, 0.6) is 0 Å². The molecule has 0 N–H and O–H groups in total. The minimum absolute atomic E-state index is 0.574. The quantitative estimate of drug-likeness (QED) is 0.160. The summed E-state index contributed by atoms with van der Waals surface area (Å²) in [7, 11) is 0. The van der Waals surface area contributed by atoms with Crippen LogP contribution >= 0.6 is 0 Å². The van der Waals surface area contributed by atoms with Crippen LogP contribution in [0, 0.1) is 0 Å². The molecule has 3 heterocycles. The first-order valence-corrected chi connectivity index (χ1v) is 23.7. The van der Waals surface area contributed by atoms with Gasteiger partial charge in [0.05, 0.1) is 11.0 Å². The fourth-order valence-electron chi connectivity index (χ4n) is 10.5. The van der Waals surface area contributed by atoms with Crippen molar-refractivity contribution in [2.45, 2.75) is 0 Å². The Balaban J connectivity index is 1.03. The second-order valence-corrected chi connectivity index (χ2v) is 17.9. The average molecular weight is 893 g/mol. The number of para-hydroxylation sites is 2. The third kappa shape index (κ3) is 6.59. The molecule has 0 saturated heterocycles. The summed E-state index contributed by atoms with van der Waals surface area (Å²) in [6.07, 6.45) is 0. The molecule has 14 aromatic rings. The van der Waals surface area contributed by atoms with Gasteiger partial charge < -0.3 is 8.98 Å². The summed E-state index contributed by atoms with van der Waals surface area (Å²) < 4.78 is 9.22. The van der Waals surface area contributed by atoms with Crippen molar-refractivity contribution >= 4 is 65.3 Å². The molecule has 326 valence electrons. The third-order valence-corrected chi connectivity index (χ3v) is 13.8. The number of furan rings is 1.